The highest BCUT2D eigenvalue weighted by Crippen LogP contribution is 2.32. The Labute approximate surface area is 97.1 Å². The first-order valence-corrected chi connectivity index (χ1v) is 6.16. The molecule has 16 heavy (non-hydrogen) atoms. The molecule has 1 atom stereocenters. The van der Waals surface area contributed by atoms with E-state index in [4.69, 9.17) is 0 Å². The van der Waals surface area contributed by atoms with Gasteiger partial charge in [-0.15, -0.1) is 0 Å². The van der Waals surface area contributed by atoms with Gasteiger partial charge in [0.25, 0.3) is 0 Å². The summed E-state index contributed by atoms with van der Waals surface area (Å²) in [4.78, 5) is 0. The molecular formula is C14H20FN. The van der Waals surface area contributed by atoms with Gasteiger partial charge < -0.3 is 5.32 Å². The summed E-state index contributed by atoms with van der Waals surface area (Å²) >= 11 is 0. The minimum absolute atomic E-state index is 0.00599. The van der Waals surface area contributed by atoms with Gasteiger partial charge in [-0.05, 0) is 55.8 Å². The van der Waals surface area contributed by atoms with E-state index in [-0.39, 0.29) is 5.82 Å². The molecule has 0 saturated carbocycles. The Morgan fingerprint density at radius 1 is 1.31 bits per heavy atom. The maximum absolute atomic E-state index is 14.0. The first kappa shape index (κ1) is 11.6. The summed E-state index contributed by atoms with van der Waals surface area (Å²) in [6.07, 6.45) is 2.32. The highest BCUT2D eigenvalue weighted by atomic mass is 19.1. The first-order chi connectivity index (χ1) is 7.70. The van der Waals surface area contributed by atoms with Crippen molar-refractivity contribution in [3.63, 3.8) is 0 Å². The average molecular weight is 221 g/mol. The van der Waals surface area contributed by atoms with Crippen LogP contribution in [-0.2, 0) is 0 Å². The van der Waals surface area contributed by atoms with Crippen LogP contribution >= 0.6 is 0 Å². The van der Waals surface area contributed by atoms with Crippen LogP contribution in [0.15, 0.2) is 18.2 Å². The lowest BCUT2D eigenvalue weighted by molar-refractivity contribution is 0.325. The molecule has 1 aliphatic rings. The molecule has 0 aliphatic carbocycles. The number of piperidine rings is 1. The van der Waals surface area contributed by atoms with Crippen LogP contribution in [0.1, 0.15) is 36.8 Å². The van der Waals surface area contributed by atoms with Crippen LogP contribution in [0.25, 0.3) is 0 Å². The van der Waals surface area contributed by atoms with Crippen molar-refractivity contribution in [2.75, 3.05) is 13.1 Å². The summed E-state index contributed by atoms with van der Waals surface area (Å²) in [5, 5.41) is 3.35. The normalized spacial score (nSPS) is 19.7. The number of benzene rings is 1. The molecule has 2 rings (SSSR count). The Bertz CT molecular complexity index is 356. The van der Waals surface area contributed by atoms with E-state index in [9.17, 15) is 4.39 Å². The van der Waals surface area contributed by atoms with Gasteiger partial charge in [0.15, 0.2) is 0 Å². The van der Waals surface area contributed by atoms with Crippen LogP contribution in [0.3, 0.4) is 0 Å². The maximum Gasteiger partial charge on any atom is 0.129 e. The van der Waals surface area contributed by atoms with Crippen LogP contribution in [0.4, 0.5) is 4.39 Å². The highest BCUT2D eigenvalue weighted by Gasteiger charge is 2.23. The molecular weight excluding hydrogens is 201 g/mol. The minimum atomic E-state index is -0.00599. The fraction of sp³-hybridized carbons (Fsp3) is 0.571. The lowest BCUT2D eigenvalue weighted by atomic mass is 9.81. The van der Waals surface area contributed by atoms with E-state index in [1.54, 1.807) is 0 Å². The molecule has 1 aliphatic heterocycles. The van der Waals surface area contributed by atoms with Gasteiger partial charge in [-0.1, -0.05) is 25.1 Å². The molecule has 1 aromatic rings. The van der Waals surface area contributed by atoms with E-state index in [2.05, 4.69) is 12.2 Å². The van der Waals surface area contributed by atoms with Crippen molar-refractivity contribution in [3.8, 4) is 0 Å². The van der Waals surface area contributed by atoms with E-state index in [1.165, 1.54) is 0 Å². The van der Waals surface area contributed by atoms with Crippen molar-refractivity contribution < 1.29 is 4.39 Å². The number of nitrogens with one attached hydrogen (secondary N) is 1. The molecule has 0 radical (unpaired) electrons. The fourth-order valence-corrected chi connectivity index (χ4v) is 2.62. The lowest BCUT2D eigenvalue weighted by Crippen LogP contribution is -2.30. The largest absolute Gasteiger partial charge is 0.317 e. The van der Waals surface area contributed by atoms with Gasteiger partial charge >= 0.3 is 0 Å². The highest BCUT2D eigenvalue weighted by molar-refractivity contribution is 5.28. The Kier molecular flexibility index (Phi) is 3.59. The monoisotopic (exact) mass is 221 g/mol. The topological polar surface area (TPSA) is 12.0 Å². The van der Waals surface area contributed by atoms with Gasteiger partial charge in [0.2, 0.25) is 0 Å². The molecule has 0 amide bonds. The SMILES string of the molecule is Cc1cccc(C(C)C2CCNCC2)c1F. The molecule has 88 valence electrons. The molecule has 0 bridgehead atoms. The Morgan fingerprint density at radius 3 is 2.69 bits per heavy atom. The number of halogens is 1. The second-order valence-electron chi connectivity index (χ2n) is 4.85. The second kappa shape index (κ2) is 4.96. The molecule has 1 N–H and O–H groups in total. The summed E-state index contributed by atoms with van der Waals surface area (Å²) in [5.74, 6) is 0.952. The van der Waals surface area contributed by atoms with Crippen LogP contribution in [0.5, 0.6) is 0 Å². The van der Waals surface area contributed by atoms with Crippen molar-refractivity contribution in [2.24, 2.45) is 5.92 Å². The lowest BCUT2D eigenvalue weighted by Gasteiger charge is -2.29. The van der Waals surface area contributed by atoms with E-state index in [0.717, 1.165) is 37.1 Å². The number of hydrogen-bond acceptors (Lipinski definition) is 1. The van der Waals surface area contributed by atoms with Gasteiger partial charge in [-0.3, -0.25) is 0 Å². The summed E-state index contributed by atoms with van der Waals surface area (Å²) in [5.41, 5.74) is 1.66. The van der Waals surface area contributed by atoms with E-state index < -0.39 is 0 Å². The van der Waals surface area contributed by atoms with Crippen molar-refractivity contribution in [2.45, 2.75) is 32.6 Å². The Hall–Kier alpha value is -0.890. The predicted octanol–water partition coefficient (Wildman–Crippen LogP) is 3.24. The number of rotatable bonds is 2. The molecule has 1 saturated heterocycles. The molecule has 1 fully saturated rings. The van der Waals surface area contributed by atoms with Gasteiger partial charge in [0.1, 0.15) is 5.82 Å². The van der Waals surface area contributed by atoms with Crippen molar-refractivity contribution in [1.82, 2.24) is 5.32 Å². The van der Waals surface area contributed by atoms with Crippen LogP contribution in [0, 0.1) is 18.7 Å². The zero-order chi connectivity index (χ0) is 11.5. The van der Waals surface area contributed by atoms with Crippen LogP contribution in [0.2, 0.25) is 0 Å². The fourth-order valence-electron chi connectivity index (χ4n) is 2.62. The summed E-state index contributed by atoms with van der Waals surface area (Å²) in [7, 11) is 0. The average Bonchev–Trinajstić information content (AvgIpc) is 2.33. The van der Waals surface area contributed by atoms with Crippen molar-refractivity contribution in [3.05, 3.63) is 35.1 Å². The smallest absolute Gasteiger partial charge is 0.129 e. The third-order valence-electron chi connectivity index (χ3n) is 3.80. The van der Waals surface area contributed by atoms with Gasteiger partial charge in [0, 0.05) is 0 Å². The molecule has 0 aromatic heterocycles. The number of hydrogen-bond donors (Lipinski definition) is 1. The number of aryl methyl sites for hydroxylation is 1. The molecule has 1 unspecified atom stereocenters. The third kappa shape index (κ3) is 2.27. The van der Waals surface area contributed by atoms with Gasteiger partial charge in [0.05, 0.1) is 0 Å². The quantitative estimate of drug-likeness (QED) is 0.808. The standard InChI is InChI=1S/C14H20FN/c1-10-4-3-5-13(14(10)15)11(2)12-6-8-16-9-7-12/h3-5,11-12,16H,6-9H2,1-2H3. The Balaban J connectivity index is 2.19. The second-order valence-corrected chi connectivity index (χ2v) is 4.85. The van der Waals surface area contributed by atoms with E-state index in [1.807, 2.05) is 25.1 Å². The molecule has 1 aromatic carbocycles. The maximum atomic E-state index is 14.0. The first-order valence-electron chi connectivity index (χ1n) is 6.16. The summed E-state index contributed by atoms with van der Waals surface area (Å²) in [6.45, 7) is 6.15. The molecule has 2 heteroatoms. The van der Waals surface area contributed by atoms with Crippen LogP contribution < -0.4 is 5.32 Å². The van der Waals surface area contributed by atoms with E-state index in [0.29, 0.717) is 11.8 Å². The third-order valence-corrected chi connectivity index (χ3v) is 3.80. The zero-order valence-corrected chi connectivity index (χ0v) is 10.1. The van der Waals surface area contributed by atoms with Crippen LogP contribution in [-0.4, -0.2) is 13.1 Å². The summed E-state index contributed by atoms with van der Waals surface area (Å²) in [6, 6.07) is 5.74. The molecule has 0 spiro atoms. The molecule has 1 nitrogen and oxygen atoms in total. The van der Waals surface area contributed by atoms with Gasteiger partial charge in [-0.25, -0.2) is 4.39 Å². The van der Waals surface area contributed by atoms with Crippen molar-refractivity contribution >= 4 is 0 Å². The predicted molar refractivity (Wildman–Crippen MR) is 65.1 cm³/mol. The zero-order valence-electron chi connectivity index (χ0n) is 10.1. The summed E-state index contributed by atoms with van der Waals surface area (Å²) < 4.78 is 14.0. The minimum Gasteiger partial charge on any atom is -0.317 e. The van der Waals surface area contributed by atoms with E-state index >= 15 is 0 Å². The van der Waals surface area contributed by atoms with Gasteiger partial charge in [-0.2, -0.15) is 0 Å². The van der Waals surface area contributed by atoms with Crippen molar-refractivity contribution in [1.29, 1.82) is 0 Å². The molecule has 1 heterocycles. The Morgan fingerprint density at radius 2 is 2.00 bits per heavy atom.